The summed E-state index contributed by atoms with van der Waals surface area (Å²) in [6.45, 7) is 2.52. The fraction of sp³-hybridized carbons (Fsp3) is 0.250. The molecule has 0 aromatic heterocycles. The van der Waals surface area contributed by atoms with E-state index in [1.807, 2.05) is 13.0 Å². The van der Waals surface area contributed by atoms with E-state index in [1.54, 1.807) is 42.5 Å². The second-order valence-electron chi connectivity index (χ2n) is 6.51. The molecule has 0 spiro atoms. The molecule has 146 valence electrons. The molecule has 4 amide bonds. The predicted molar refractivity (Wildman–Crippen MR) is 108 cm³/mol. The number of halogens is 1. The zero-order chi connectivity index (χ0) is 20.1. The Balaban J connectivity index is 1.67. The Morgan fingerprint density at radius 2 is 1.89 bits per heavy atom. The van der Waals surface area contributed by atoms with Crippen LogP contribution >= 0.6 is 11.6 Å². The molecule has 0 radical (unpaired) electrons. The Labute approximate surface area is 168 Å². The summed E-state index contributed by atoms with van der Waals surface area (Å²) in [5.74, 6) is -0.731. The van der Waals surface area contributed by atoms with E-state index >= 15 is 0 Å². The number of piperazine rings is 1. The first-order chi connectivity index (χ1) is 13.4. The third-order valence-electron chi connectivity index (χ3n) is 4.45. The zero-order valence-corrected chi connectivity index (χ0v) is 16.1. The third-order valence-corrected chi connectivity index (χ3v) is 4.86. The number of benzene rings is 2. The molecule has 2 aromatic carbocycles. The minimum atomic E-state index is -0.890. The molecule has 2 aromatic rings. The molecular formula is C20H21ClN4O3. The molecule has 0 aliphatic carbocycles. The smallest absolute Gasteiger partial charge is 0.322 e. The molecule has 0 bridgehead atoms. The van der Waals surface area contributed by atoms with E-state index in [1.165, 1.54) is 4.90 Å². The van der Waals surface area contributed by atoms with Gasteiger partial charge in [0.15, 0.2) is 0 Å². The number of aryl methyl sites for hydroxylation is 1. The van der Waals surface area contributed by atoms with Gasteiger partial charge in [-0.3, -0.25) is 9.59 Å². The molecule has 1 saturated heterocycles. The van der Waals surface area contributed by atoms with Crippen molar-refractivity contribution in [3.05, 3.63) is 59.1 Å². The van der Waals surface area contributed by atoms with Gasteiger partial charge in [-0.1, -0.05) is 35.9 Å². The van der Waals surface area contributed by atoms with E-state index in [9.17, 15) is 14.4 Å². The quantitative estimate of drug-likeness (QED) is 0.736. The van der Waals surface area contributed by atoms with Crippen LogP contribution in [-0.4, -0.2) is 41.9 Å². The molecule has 0 saturated carbocycles. The molecule has 7 nitrogen and oxygen atoms in total. The maximum Gasteiger partial charge on any atom is 0.322 e. The van der Waals surface area contributed by atoms with Crippen LogP contribution in [0.3, 0.4) is 0 Å². The topological polar surface area (TPSA) is 90.5 Å². The van der Waals surface area contributed by atoms with Crippen molar-refractivity contribution in [3.8, 4) is 0 Å². The first kappa shape index (κ1) is 19.7. The summed E-state index contributed by atoms with van der Waals surface area (Å²) in [7, 11) is 0. The van der Waals surface area contributed by atoms with Gasteiger partial charge in [0.05, 0.1) is 6.42 Å². The third kappa shape index (κ3) is 4.80. The average molecular weight is 401 g/mol. The number of carbonyl (C=O) groups excluding carboxylic acids is 3. The molecule has 0 unspecified atom stereocenters. The van der Waals surface area contributed by atoms with Crippen LogP contribution in [-0.2, 0) is 9.59 Å². The van der Waals surface area contributed by atoms with Gasteiger partial charge in [-0.15, -0.1) is 0 Å². The van der Waals surface area contributed by atoms with Gasteiger partial charge < -0.3 is 20.9 Å². The van der Waals surface area contributed by atoms with Crippen molar-refractivity contribution in [3.63, 3.8) is 0 Å². The second-order valence-corrected chi connectivity index (χ2v) is 6.92. The van der Waals surface area contributed by atoms with Gasteiger partial charge >= 0.3 is 6.03 Å². The first-order valence-corrected chi connectivity index (χ1v) is 9.28. The van der Waals surface area contributed by atoms with Gasteiger partial charge in [0.2, 0.25) is 11.8 Å². The molecule has 1 atom stereocenters. The highest BCUT2D eigenvalue weighted by atomic mass is 35.5. The summed E-state index contributed by atoms with van der Waals surface area (Å²) in [4.78, 5) is 38.8. The number of anilines is 2. The van der Waals surface area contributed by atoms with Crippen LogP contribution in [0.4, 0.5) is 16.2 Å². The van der Waals surface area contributed by atoms with E-state index in [2.05, 4.69) is 16.0 Å². The molecule has 3 N–H and O–H groups in total. The highest BCUT2D eigenvalue weighted by Gasteiger charge is 2.34. The van der Waals surface area contributed by atoms with E-state index in [0.29, 0.717) is 29.5 Å². The van der Waals surface area contributed by atoms with E-state index in [4.69, 9.17) is 11.6 Å². The van der Waals surface area contributed by atoms with Crippen LogP contribution in [0.5, 0.6) is 0 Å². The lowest BCUT2D eigenvalue weighted by Gasteiger charge is -2.34. The fourth-order valence-corrected chi connectivity index (χ4v) is 3.12. The summed E-state index contributed by atoms with van der Waals surface area (Å²) >= 11 is 6.08. The van der Waals surface area contributed by atoms with Crippen molar-refractivity contribution in [1.82, 2.24) is 10.2 Å². The summed E-state index contributed by atoms with van der Waals surface area (Å²) in [6.07, 6.45) is -0.153. The maximum absolute atomic E-state index is 12.6. The number of hydrogen-bond acceptors (Lipinski definition) is 3. The molecule has 28 heavy (non-hydrogen) atoms. The largest absolute Gasteiger partial charge is 0.353 e. The average Bonchev–Trinajstić information content (AvgIpc) is 2.67. The number of para-hydroxylation sites is 1. The van der Waals surface area contributed by atoms with Crippen LogP contribution in [0.15, 0.2) is 48.5 Å². The molecule has 1 fully saturated rings. The van der Waals surface area contributed by atoms with Crippen LogP contribution in [0.2, 0.25) is 5.02 Å². The molecular weight excluding hydrogens is 380 g/mol. The van der Waals surface area contributed by atoms with Crippen LogP contribution in [0.1, 0.15) is 12.0 Å². The molecule has 1 aliphatic rings. The van der Waals surface area contributed by atoms with Crippen molar-refractivity contribution in [2.45, 2.75) is 19.4 Å². The fourth-order valence-electron chi connectivity index (χ4n) is 2.94. The Morgan fingerprint density at radius 3 is 2.61 bits per heavy atom. The highest BCUT2D eigenvalue weighted by molar-refractivity contribution is 6.31. The van der Waals surface area contributed by atoms with Crippen molar-refractivity contribution >= 4 is 40.8 Å². The highest BCUT2D eigenvalue weighted by Crippen LogP contribution is 2.21. The second kappa shape index (κ2) is 8.75. The van der Waals surface area contributed by atoms with Gasteiger partial charge in [-0.05, 0) is 36.8 Å². The Hall–Kier alpha value is -3.06. The van der Waals surface area contributed by atoms with Crippen molar-refractivity contribution in [2.24, 2.45) is 0 Å². The van der Waals surface area contributed by atoms with Crippen molar-refractivity contribution in [2.75, 3.05) is 23.7 Å². The molecule has 3 rings (SSSR count). The minimum absolute atomic E-state index is 0.153. The number of carbonyl (C=O) groups is 3. The van der Waals surface area contributed by atoms with Crippen molar-refractivity contribution in [1.29, 1.82) is 0 Å². The normalized spacial score (nSPS) is 16.3. The Kier molecular flexibility index (Phi) is 6.16. The van der Waals surface area contributed by atoms with Gasteiger partial charge in [0.25, 0.3) is 0 Å². The van der Waals surface area contributed by atoms with Gasteiger partial charge in [0, 0.05) is 29.5 Å². The lowest BCUT2D eigenvalue weighted by Crippen LogP contribution is -2.59. The number of nitrogens with one attached hydrogen (secondary N) is 3. The Bertz CT molecular complexity index is 888. The number of urea groups is 1. The number of rotatable bonds is 4. The van der Waals surface area contributed by atoms with Gasteiger partial charge in [0.1, 0.15) is 6.04 Å². The lowest BCUT2D eigenvalue weighted by molar-refractivity contribution is -0.130. The number of amides is 4. The number of hydrogen-bond donors (Lipinski definition) is 3. The van der Waals surface area contributed by atoms with Crippen LogP contribution in [0.25, 0.3) is 0 Å². The van der Waals surface area contributed by atoms with Crippen molar-refractivity contribution < 1.29 is 14.4 Å². The van der Waals surface area contributed by atoms with Crippen LogP contribution < -0.4 is 16.0 Å². The Morgan fingerprint density at radius 1 is 1.14 bits per heavy atom. The van der Waals surface area contributed by atoms with E-state index < -0.39 is 12.1 Å². The first-order valence-electron chi connectivity index (χ1n) is 8.90. The predicted octanol–water partition coefficient (Wildman–Crippen LogP) is 3.01. The summed E-state index contributed by atoms with van der Waals surface area (Å²) in [6, 6.07) is 12.8. The van der Waals surface area contributed by atoms with E-state index in [0.717, 1.165) is 5.56 Å². The zero-order valence-electron chi connectivity index (χ0n) is 15.4. The SMILES string of the molecule is Cc1ccc(NC(=O)C[C@@H]2C(=O)NCCN2C(=O)Nc2ccccc2)cc1Cl. The minimum Gasteiger partial charge on any atom is -0.353 e. The van der Waals surface area contributed by atoms with Gasteiger partial charge in [-0.2, -0.15) is 0 Å². The summed E-state index contributed by atoms with van der Waals surface area (Å²) in [5, 5.41) is 8.73. The lowest BCUT2D eigenvalue weighted by atomic mass is 10.1. The number of nitrogens with zero attached hydrogens (tertiary/aromatic N) is 1. The molecule has 1 heterocycles. The van der Waals surface area contributed by atoms with Gasteiger partial charge in [-0.25, -0.2) is 4.79 Å². The van der Waals surface area contributed by atoms with E-state index in [-0.39, 0.29) is 18.2 Å². The maximum atomic E-state index is 12.6. The summed E-state index contributed by atoms with van der Waals surface area (Å²) in [5.41, 5.74) is 2.06. The monoisotopic (exact) mass is 400 g/mol. The van der Waals surface area contributed by atoms with Crippen LogP contribution in [0, 0.1) is 6.92 Å². The standard InChI is InChI=1S/C20H21ClN4O3/c1-13-7-8-15(11-16(13)21)23-18(26)12-17-19(27)22-9-10-25(17)20(28)24-14-5-3-2-4-6-14/h2-8,11,17H,9-10,12H2,1H3,(H,22,27)(H,23,26)(H,24,28)/t17-/m1/s1. The molecule has 8 heteroatoms. The summed E-state index contributed by atoms with van der Waals surface area (Å²) < 4.78 is 0. The molecule has 1 aliphatic heterocycles.